The molecule has 1 aromatic rings. The number of hydrogen-bond donors (Lipinski definition) is 2. The van der Waals surface area contributed by atoms with E-state index in [1.807, 2.05) is 0 Å². The third kappa shape index (κ3) is 4.05. The van der Waals surface area contributed by atoms with Crippen LogP contribution in [0.25, 0.3) is 0 Å². The van der Waals surface area contributed by atoms with Gasteiger partial charge in [0.25, 0.3) is 5.91 Å². The minimum Gasteiger partial charge on any atom is -0.376 e. The van der Waals surface area contributed by atoms with Gasteiger partial charge < -0.3 is 15.8 Å². The van der Waals surface area contributed by atoms with Crippen molar-refractivity contribution in [2.24, 2.45) is 5.73 Å². The van der Waals surface area contributed by atoms with E-state index in [4.69, 9.17) is 10.5 Å². The number of amides is 1. The molecular weight excluding hydrogens is 242 g/mol. The van der Waals surface area contributed by atoms with Crippen molar-refractivity contribution in [2.45, 2.75) is 18.9 Å². The normalized spacial score (nSPS) is 17.6. The topological polar surface area (TPSA) is 77.2 Å². The van der Waals surface area contributed by atoms with Gasteiger partial charge >= 0.3 is 0 Å². The Labute approximate surface area is 112 Å². The summed E-state index contributed by atoms with van der Waals surface area (Å²) < 4.78 is 5.45. The zero-order chi connectivity index (χ0) is 13.5. The lowest BCUT2D eigenvalue weighted by molar-refractivity contribution is 0.0857. The lowest BCUT2D eigenvalue weighted by Crippen LogP contribution is -2.31. The Bertz CT molecular complexity index is 499. The first kappa shape index (κ1) is 13.5. The minimum absolute atomic E-state index is 0.136. The summed E-state index contributed by atoms with van der Waals surface area (Å²) >= 11 is 0. The summed E-state index contributed by atoms with van der Waals surface area (Å²) in [5, 5.41) is 2.85. The lowest BCUT2D eigenvalue weighted by atomic mass is 10.2. The molecule has 100 valence electrons. The second kappa shape index (κ2) is 6.88. The smallest absolute Gasteiger partial charge is 0.252 e. The Hall–Kier alpha value is -1.90. The van der Waals surface area contributed by atoms with Gasteiger partial charge in [0.05, 0.1) is 18.2 Å². The zero-order valence-electron chi connectivity index (χ0n) is 10.7. The summed E-state index contributed by atoms with van der Waals surface area (Å²) in [6.45, 7) is 1.61. The average molecular weight is 259 g/mol. The number of carbonyl (C=O) groups is 1. The quantitative estimate of drug-likeness (QED) is 0.765. The van der Waals surface area contributed by atoms with E-state index in [0.29, 0.717) is 17.7 Å². The molecule has 1 aliphatic heterocycles. The van der Waals surface area contributed by atoms with Gasteiger partial charge in [-0.15, -0.1) is 0 Å². The number of nitrogens with one attached hydrogen (secondary N) is 1. The maximum Gasteiger partial charge on any atom is 0.252 e. The Morgan fingerprint density at radius 1 is 1.58 bits per heavy atom. The van der Waals surface area contributed by atoms with Crippen molar-refractivity contribution in [3.8, 4) is 11.8 Å². The van der Waals surface area contributed by atoms with Gasteiger partial charge in [-0.05, 0) is 18.9 Å². The molecule has 1 amide bonds. The van der Waals surface area contributed by atoms with E-state index >= 15 is 0 Å². The van der Waals surface area contributed by atoms with Gasteiger partial charge in [0.15, 0.2) is 0 Å². The Kier molecular flexibility index (Phi) is 4.90. The molecule has 1 aliphatic rings. The van der Waals surface area contributed by atoms with Crippen molar-refractivity contribution in [1.29, 1.82) is 0 Å². The van der Waals surface area contributed by atoms with Crippen LogP contribution in [0.3, 0.4) is 0 Å². The maximum absolute atomic E-state index is 11.9. The molecule has 0 radical (unpaired) electrons. The van der Waals surface area contributed by atoms with E-state index in [-0.39, 0.29) is 18.6 Å². The van der Waals surface area contributed by atoms with Gasteiger partial charge in [-0.3, -0.25) is 9.78 Å². The van der Waals surface area contributed by atoms with E-state index < -0.39 is 0 Å². The Morgan fingerprint density at radius 3 is 3.21 bits per heavy atom. The molecular formula is C14H17N3O2. The molecule has 2 heterocycles. The van der Waals surface area contributed by atoms with E-state index in [9.17, 15) is 4.79 Å². The van der Waals surface area contributed by atoms with Crippen LogP contribution in [0.1, 0.15) is 28.8 Å². The molecule has 1 atom stereocenters. The molecule has 0 bridgehead atoms. The highest BCUT2D eigenvalue weighted by atomic mass is 16.5. The van der Waals surface area contributed by atoms with Crippen molar-refractivity contribution >= 4 is 5.91 Å². The summed E-state index contributed by atoms with van der Waals surface area (Å²) in [5.41, 5.74) is 6.50. The molecule has 1 saturated heterocycles. The SMILES string of the molecule is NCC#Cc1cncc(C(=O)NCC2CCCO2)c1. The highest BCUT2D eigenvalue weighted by molar-refractivity contribution is 5.94. The molecule has 3 N–H and O–H groups in total. The fraction of sp³-hybridized carbons (Fsp3) is 0.429. The van der Waals surface area contributed by atoms with Crippen molar-refractivity contribution in [2.75, 3.05) is 19.7 Å². The molecule has 1 aromatic heterocycles. The van der Waals surface area contributed by atoms with Crippen LogP contribution < -0.4 is 11.1 Å². The fourth-order valence-electron chi connectivity index (χ4n) is 1.90. The van der Waals surface area contributed by atoms with Crippen molar-refractivity contribution in [1.82, 2.24) is 10.3 Å². The third-order valence-electron chi connectivity index (χ3n) is 2.85. The van der Waals surface area contributed by atoms with Crippen LogP contribution in [0.15, 0.2) is 18.5 Å². The minimum atomic E-state index is -0.153. The molecule has 5 nitrogen and oxygen atoms in total. The predicted octanol–water partition coefficient (Wildman–Crippen LogP) is 0.301. The summed E-state index contributed by atoms with van der Waals surface area (Å²) in [7, 11) is 0. The number of ether oxygens (including phenoxy) is 1. The largest absolute Gasteiger partial charge is 0.376 e. The third-order valence-corrected chi connectivity index (χ3v) is 2.85. The van der Waals surface area contributed by atoms with Crippen LogP contribution in [-0.4, -0.2) is 36.7 Å². The summed E-state index contributed by atoms with van der Waals surface area (Å²) in [6.07, 6.45) is 5.34. The lowest BCUT2D eigenvalue weighted by Gasteiger charge is -2.10. The van der Waals surface area contributed by atoms with Gasteiger partial charge in [0, 0.05) is 31.1 Å². The van der Waals surface area contributed by atoms with Crippen LogP contribution in [-0.2, 0) is 4.74 Å². The van der Waals surface area contributed by atoms with E-state index in [2.05, 4.69) is 22.1 Å². The number of hydrogen-bond acceptors (Lipinski definition) is 4. The van der Waals surface area contributed by atoms with Gasteiger partial charge in [-0.1, -0.05) is 11.8 Å². The second-order valence-electron chi connectivity index (χ2n) is 4.31. The van der Waals surface area contributed by atoms with E-state index in [1.54, 1.807) is 12.3 Å². The standard InChI is InChI=1S/C14H17N3O2/c15-5-1-3-11-7-12(9-16-8-11)14(18)17-10-13-4-2-6-19-13/h7-9,13H,2,4-6,10,15H2,(H,17,18). The molecule has 19 heavy (non-hydrogen) atoms. The van der Waals surface area contributed by atoms with Crippen LogP contribution in [0, 0.1) is 11.8 Å². The maximum atomic E-state index is 11.9. The predicted molar refractivity (Wildman–Crippen MR) is 71.5 cm³/mol. The molecule has 1 fully saturated rings. The van der Waals surface area contributed by atoms with Crippen molar-refractivity contribution in [3.63, 3.8) is 0 Å². The molecule has 2 rings (SSSR count). The van der Waals surface area contributed by atoms with Gasteiger partial charge in [-0.2, -0.15) is 0 Å². The Morgan fingerprint density at radius 2 is 2.47 bits per heavy atom. The highest BCUT2D eigenvalue weighted by Gasteiger charge is 2.16. The number of carbonyl (C=O) groups excluding carboxylic acids is 1. The molecule has 0 aliphatic carbocycles. The van der Waals surface area contributed by atoms with Crippen molar-refractivity contribution in [3.05, 3.63) is 29.6 Å². The number of pyridine rings is 1. The average Bonchev–Trinajstić information content (AvgIpc) is 2.96. The second-order valence-corrected chi connectivity index (χ2v) is 4.31. The van der Waals surface area contributed by atoms with Crippen LogP contribution in [0.4, 0.5) is 0 Å². The van der Waals surface area contributed by atoms with Gasteiger partial charge in [0.2, 0.25) is 0 Å². The Balaban J connectivity index is 1.94. The summed E-state index contributed by atoms with van der Waals surface area (Å²) in [6, 6.07) is 1.71. The first-order chi connectivity index (χ1) is 9.29. The zero-order valence-corrected chi connectivity index (χ0v) is 10.7. The van der Waals surface area contributed by atoms with Crippen molar-refractivity contribution < 1.29 is 9.53 Å². The first-order valence-electron chi connectivity index (χ1n) is 6.33. The number of aromatic nitrogens is 1. The monoisotopic (exact) mass is 259 g/mol. The van der Waals surface area contributed by atoms with Gasteiger partial charge in [-0.25, -0.2) is 0 Å². The first-order valence-corrected chi connectivity index (χ1v) is 6.33. The van der Waals surface area contributed by atoms with E-state index in [0.717, 1.165) is 19.4 Å². The summed E-state index contributed by atoms with van der Waals surface area (Å²) in [5.74, 6) is 5.43. The number of nitrogens with zero attached hydrogens (tertiary/aromatic N) is 1. The van der Waals surface area contributed by atoms with Crippen LogP contribution in [0.5, 0.6) is 0 Å². The number of nitrogens with two attached hydrogens (primary N) is 1. The highest BCUT2D eigenvalue weighted by Crippen LogP contribution is 2.11. The number of rotatable bonds is 3. The van der Waals surface area contributed by atoms with Crippen LogP contribution >= 0.6 is 0 Å². The molecule has 0 aromatic carbocycles. The van der Waals surface area contributed by atoms with E-state index in [1.165, 1.54) is 6.20 Å². The van der Waals surface area contributed by atoms with Gasteiger partial charge in [0.1, 0.15) is 0 Å². The summed E-state index contributed by atoms with van der Waals surface area (Å²) in [4.78, 5) is 16.0. The fourth-order valence-corrected chi connectivity index (χ4v) is 1.90. The molecule has 0 saturated carbocycles. The molecule has 5 heteroatoms. The molecule has 0 spiro atoms. The molecule has 1 unspecified atom stereocenters. The van der Waals surface area contributed by atoms with Crippen LogP contribution in [0.2, 0.25) is 0 Å².